The van der Waals surface area contributed by atoms with Gasteiger partial charge in [-0.15, -0.1) is 12.3 Å². The average Bonchev–Trinajstić information content (AvgIpc) is 2.84. The minimum absolute atomic E-state index is 0.268. The van der Waals surface area contributed by atoms with Gasteiger partial charge in [0.1, 0.15) is 24.7 Å². The molecule has 1 heterocycles. The predicted octanol–water partition coefficient (Wildman–Crippen LogP) is 2.10. The lowest BCUT2D eigenvalue weighted by Crippen LogP contribution is -2.57. The fraction of sp³-hybridized carbons (Fsp3) is 0.750. The number of carbonyl (C=O) groups is 5. The molecule has 0 bridgehead atoms. The minimum atomic E-state index is -1.24. The highest BCUT2D eigenvalue weighted by molar-refractivity contribution is 5.93. The Kier molecular flexibility index (Phi) is 12.8. The van der Waals surface area contributed by atoms with Gasteiger partial charge in [0.05, 0.1) is 5.41 Å². The van der Waals surface area contributed by atoms with Gasteiger partial charge in [-0.1, -0.05) is 48.0 Å². The van der Waals surface area contributed by atoms with Crippen LogP contribution in [0.15, 0.2) is 0 Å². The lowest BCUT2D eigenvalue weighted by molar-refractivity contribution is -0.166. The Balaban J connectivity index is 3.50. The molecule has 0 aromatic rings. The van der Waals surface area contributed by atoms with Crippen LogP contribution >= 0.6 is 0 Å². The highest BCUT2D eigenvalue weighted by Crippen LogP contribution is 2.29. The van der Waals surface area contributed by atoms with Gasteiger partial charge in [-0.25, -0.2) is 4.79 Å². The molecule has 1 aliphatic rings. The number of carbonyl (C=O) groups excluding carboxylic acids is 5. The zero-order valence-electron chi connectivity index (χ0n) is 24.0. The third-order valence-corrected chi connectivity index (χ3v) is 6.97. The van der Waals surface area contributed by atoms with Gasteiger partial charge >= 0.3 is 11.9 Å². The molecule has 10 nitrogen and oxygen atoms in total. The van der Waals surface area contributed by atoms with E-state index in [0.717, 1.165) is 0 Å². The first-order valence-corrected chi connectivity index (χ1v) is 13.4. The lowest BCUT2D eigenvalue weighted by Gasteiger charge is -2.35. The van der Waals surface area contributed by atoms with Crippen molar-refractivity contribution in [3.63, 3.8) is 0 Å². The number of esters is 2. The van der Waals surface area contributed by atoms with Crippen LogP contribution in [-0.2, 0) is 33.4 Å². The highest BCUT2D eigenvalue weighted by Gasteiger charge is 2.43. The van der Waals surface area contributed by atoms with Gasteiger partial charge in [-0.05, 0) is 44.4 Å². The molecule has 1 saturated heterocycles. The second kappa shape index (κ2) is 14.7. The summed E-state index contributed by atoms with van der Waals surface area (Å²) < 4.78 is 11.3. The summed E-state index contributed by atoms with van der Waals surface area (Å²) in [6.45, 7) is 13.4. The summed E-state index contributed by atoms with van der Waals surface area (Å²) in [6.07, 6.45) is 5.12. The molecule has 3 N–H and O–H groups in total. The second-order valence-corrected chi connectivity index (χ2v) is 11.2. The first-order chi connectivity index (χ1) is 17.7. The summed E-state index contributed by atoms with van der Waals surface area (Å²) in [6, 6.07) is -2.02. The SMILES string of the molecule is C#CCCCC1OC(=O)CNC(=O)C(C(C)CC)NC(=O)C(C(C)C)OC(=O)C(C(C)C)NC(=O)C1(C)C. The van der Waals surface area contributed by atoms with E-state index in [1.165, 1.54) is 0 Å². The van der Waals surface area contributed by atoms with Crippen LogP contribution < -0.4 is 16.0 Å². The highest BCUT2D eigenvalue weighted by atomic mass is 16.6. The normalized spacial score (nSPS) is 26.5. The molecule has 1 fully saturated rings. The summed E-state index contributed by atoms with van der Waals surface area (Å²) >= 11 is 0. The number of nitrogens with one attached hydrogen (secondary N) is 3. The van der Waals surface area contributed by atoms with Crippen molar-refractivity contribution in [3.8, 4) is 12.3 Å². The molecule has 5 unspecified atom stereocenters. The smallest absolute Gasteiger partial charge is 0.329 e. The average molecular weight is 536 g/mol. The summed E-state index contributed by atoms with van der Waals surface area (Å²) in [5, 5.41) is 7.97. The van der Waals surface area contributed by atoms with E-state index in [1.807, 2.05) is 6.92 Å². The fourth-order valence-electron chi connectivity index (χ4n) is 4.03. The van der Waals surface area contributed by atoms with Crippen LogP contribution in [0, 0.1) is 35.5 Å². The number of amides is 3. The van der Waals surface area contributed by atoms with E-state index in [9.17, 15) is 24.0 Å². The van der Waals surface area contributed by atoms with Crippen molar-refractivity contribution in [2.24, 2.45) is 23.2 Å². The molecule has 0 aromatic heterocycles. The molecule has 38 heavy (non-hydrogen) atoms. The molecular formula is C28H45N3O7. The summed E-state index contributed by atoms with van der Waals surface area (Å²) in [7, 11) is 0. The molecule has 0 aromatic carbocycles. The van der Waals surface area contributed by atoms with Crippen LogP contribution in [0.3, 0.4) is 0 Å². The van der Waals surface area contributed by atoms with E-state index in [0.29, 0.717) is 25.7 Å². The molecule has 0 spiro atoms. The number of unbranched alkanes of at least 4 members (excludes halogenated alkanes) is 1. The van der Waals surface area contributed by atoms with Crippen molar-refractivity contribution in [1.82, 2.24) is 16.0 Å². The number of cyclic esters (lactones) is 2. The van der Waals surface area contributed by atoms with Crippen LogP contribution in [0.2, 0.25) is 0 Å². The van der Waals surface area contributed by atoms with Gasteiger partial charge in [0.2, 0.25) is 11.8 Å². The van der Waals surface area contributed by atoms with E-state index in [1.54, 1.807) is 48.5 Å². The Morgan fingerprint density at radius 3 is 2.11 bits per heavy atom. The van der Waals surface area contributed by atoms with Crippen molar-refractivity contribution in [3.05, 3.63) is 0 Å². The molecular weight excluding hydrogens is 490 g/mol. The molecule has 1 aliphatic heterocycles. The van der Waals surface area contributed by atoms with E-state index in [4.69, 9.17) is 15.9 Å². The largest absolute Gasteiger partial charge is 0.460 e. The number of hydrogen-bond acceptors (Lipinski definition) is 7. The van der Waals surface area contributed by atoms with Crippen LogP contribution in [-0.4, -0.2) is 60.5 Å². The van der Waals surface area contributed by atoms with Gasteiger partial charge in [-0.2, -0.15) is 0 Å². The van der Waals surface area contributed by atoms with Crippen LogP contribution in [0.5, 0.6) is 0 Å². The molecule has 3 amide bonds. The number of terminal acetylenes is 1. The minimum Gasteiger partial charge on any atom is -0.460 e. The van der Waals surface area contributed by atoms with Crippen molar-refractivity contribution in [2.45, 2.75) is 105 Å². The van der Waals surface area contributed by atoms with Gasteiger partial charge in [0.25, 0.3) is 5.91 Å². The molecule has 0 radical (unpaired) electrons. The Bertz CT molecular complexity index is 907. The van der Waals surface area contributed by atoms with Crippen molar-refractivity contribution >= 4 is 29.7 Å². The second-order valence-electron chi connectivity index (χ2n) is 11.2. The Hall–Kier alpha value is -3.09. The molecule has 0 saturated carbocycles. The van der Waals surface area contributed by atoms with Crippen LogP contribution in [0.1, 0.15) is 81.1 Å². The van der Waals surface area contributed by atoms with Crippen LogP contribution in [0.4, 0.5) is 0 Å². The first-order valence-electron chi connectivity index (χ1n) is 13.4. The Morgan fingerprint density at radius 1 is 0.947 bits per heavy atom. The van der Waals surface area contributed by atoms with Crippen molar-refractivity contribution < 1.29 is 33.4 Å². The van der Waals surface area contributed by atoms with Crippen molar-refractivity contribution in [2.75, 3.05) is 6.54 Å². The summed E-state index contributed by atoms with van der Waals surface area (Å²) in [5.74, 6) is -1.73. The van der Waals surface area contributed by atoms with Crippen molar-refractivity contribution in [1.29, 1.82) is 0 Å². The number of rotatable bonds is 7. The maximum Gasteiger partial charge on any atom is 0.329 e. The molecule has 1 rings (SSSR count). The number of hydrogen-bond donors (Lipinski definition) is 3. The van der Waals surface area contributed by atoms with E-state index < -0.39 is 71.8 Å². The molecule has 5 atom stereocenters. The Morgan fingerprint density at radius 2 is 1.58 bits per heavy atom. The monoisotopic (exact) mass is 535 g/mol. The zero-order valence-corrected chi connectivity index (χ0v) is 24.0. The van der Waals surface area contributed by atoms with Gasteiger partial charge in [0.15, 0.2) is 6.10 Å². The maximum atomic E-state index is 13.4. The standard InChI is InChI=1S/C28H45N3O7/c1-10-12-13-14-19-28(8,9)27(36)31-21(16(3)4)26(35)38-23(17(5)6)25(34)30-22(18(7)11-2)24(33)29-15-20(32)37-19/h1,16-19,21-23H,11-15H2,2-9H3,(H,29,33)(H,30,34)(H,31,36). The van der Waals surface area contributed by atoms with Crippen LogP contribution in [0.25, 0.3) is 0 Å². The third-order valence-electron chi connectivity index (χ3n) is 6.97. The van der Waals surface area contributed by atoms with Gasteiger partial charge in [0, 0.05) is 6.42 Å². The Labute approximate surface area is 226 Å². The summed E-state index contributed by atoms with van der Waals surface area (Å²) in [5.41, 5.74) is -1.24. The molecule has 0 aliphatic carbocycles. The first kappa shape index (κ1) is 32.9. The predicted molar refractivity (Wildman–Crippen MR) is 142 cm³/mol. The topological polar surface area (TPSA) is 140 Å². The molecule has 10 heteroatoms. The maximum absolute atomic E-state index is 13.4. The van der Waals surface area contributed by atoms with E-state index in [-0.39, 0.29) is 11.8 Å². The quantitative estimate of drug-likeness (QED) is 0.258. The summed E-state index contributed by atoms with van der Waals surface area (Å²) in [4.78, 5) is 65.6. The fourth-order valence-corrected chi connectivity index (χ4v) is 4.03. The number of ether oxygens (including phenoxy) is 2. The van der Waals surface area contributed by atoms with Gasteiger partial charge in [-0.3, -0.25) is 19.2 Å². The third kappa shape index (κ3) is 9.03. The zero-order chi connectivity index (χ0) is 29.2. The van der Waals surface area contributed by atoms with Gasteiger partial charge < -0.3 is 25.4 Å². The van der Waals surface area contributed by atoms with E-state index >= 15 is 0 Å². The van der Waals surface area contributed by atoms with E-state index in [2.05, 4.69) is 21.9 Å². The lowest BCUT2D eigenvalue weighted by atomic mass is 9.82. The molecule has 214 valence electrons.